The molecule has 0 aromatic heterocycles. The van der Waals surface area contributed by atoms with E-state index in [-0.39, 0.29) is 17.2 Å². The van der Waals surface area contributed by atoms with Crippen LogP contribution >= 0.6 is 23.2 Å². The van der Waals surface area contributed by atoms with E-state index >= 15 is 0 Å². The molecule has 136 valence electrons. The molecule has 0 saturated carbocycles. The van der Waals surface area contributed by atoms with Crippen molar-refractivity contribution in [3.05, 3.63) is 63.1 Å². The summed E-state index contributed by atoms with van der Waals surface area (Å²) in [6.07, 6.45) is 1.46. The zero-order chi connectivity index (χ0) is 19.1. The number of carbonyl (C=O) groups excluding carboxylic acids is 2. The molecule has 0 aliphatic heterocycles. The lowest BCUT2D eigenvalue weighted by Gasteiger charge is -2.09. The van der Waals surface area contributed by atoms with Crippen molar-refractivity contribution in [2.45, 2.75) is 13.5 Å². The van der Waals surface area contributed by atoms with Gasteiger partial charge >= 0.3 is 5.97 Å². The van der Waals surface area contributed by atoms with E-state index in [1.54, 1.807) is 24.3 Å². The highest BCUT2D eigenvalue weighted by Gasteiger charge is 2.10. The molecule has 2 aromatic rings. The zero-order valence-corrected chi connectivity index (χ0v) is 15.6. The van der Waals surface area contributed by atoms with Gasteiger partial charge in [0.2, 0.25) is 0 Å². The number of halogens is 2. The number of nitrogens with zero attached hydrogens (tertiary/aromatic N) is 1. The van der Waals surface area contributed by atoms with Gasteiger partial charge in [-0.1, -0.05) is 23.2 Å². The van der Waals surface area contributed by atoms with Crippen molar-refractivity contribution in [3.63, 3.8) is 0 Å². The lowest BCUT2D eigenvalue weighted by atomic mass is 10.1. The standard InChI is InChI=1S/C18H16Cl2N2O4/c1-11(23)26-10-13-7-12(3-6-17(13)25-2)9-21-22-18(24)15-5-4-14(19)8-16(15)20/h3-9H,10H2,1-2H3,(H,22,24)/b21-9-. The minimum atomic E-state index is -0.462. The van der Waals surface area contributed by atoms with Crippen LogP contribution in [0.1, 0.15) is 28.4 Å². The summed E-state index contributed by atoms with van der Waals surface area (Å²) in [5.74, 6) is -0.268. The van der Waals surface area contributed by atoms with E-state index in [9.17, 15) is 9.59 Å². The largest absolute Gasteiger partial charge is 0.496 e. The van der Waals surface area contributed by atoms with Crippen LogP contribution in [-0.4, -0.2) is 25.2 Å². The van der Waals surface area contributed by atoms with Crippen LogP contribution in [0.2, 0.25) is 10.0 Å². The highest BCUT2D eigenvalue weighted by molar-refractivity contribution is 6.36. The van der Waals surface area contributed by atoms with Gasteiger partial charge in [0.25, 0.3) is 5.91 Å². The molecule has 0 atom stereocenters. The maximum absolute atomic E-state index is 12.1. The Morgan fingerprint density at radius 3 is 2.62 bits per heavy atom. The van der Waals surface area contributed by atoms with E-state index in [0.717, 1.165) is 0 Å². The summed E-state index contributed by atoms with van der Waals surface area (Å²) in [5, 5.41) is 4.58. The third-order valence-electron chi connectivity index (χ3n) is 3.29. The van der Waals surface area contributed by atoms with Gasteiger partial charge in [0, 0.05) is 17.5 Å². The number of ether oxygens (including phenoxy) is 2. The summed E-state index contributed by atoms with van der Waals surface area (Å²) in [7, 11) is 1.52. The number of esters is 1. The van der Waals surface area contributed by atoms with E-state index in [1.807, 2.05) is 0 Å². The number of carbonyl (C=O) groups is 2. The monoisotopic (exact) mass is 394 g/mol. The first-order chi connectivity index (χ1) is 12.4. The van der Waals surface area contributed by atoms with Gasteiger partial charge < -0.3 is 9.47 Å². The van der Waals surface area contributed by atoms with Gasteiger partial charge in [0.05, 0.1) is 23.9 Å². The normalized spacial score (nSPS) is 10.6. The van der Waals surface area contributed by atoms with Crippen LogP contribution < -0.4 is 10.2 Å². The molecule has 8 heteroatoms. The molecule has 6 nitrogen and oxygen atoms in total. The van der Waals surface area contributed by atoms with E-state index in [4.69, 9.17) is 32.7 Å². The highest BCUT2D eigenvalue weighted by atomic mass is 35.5. The molecule has 0 saturated heterocycles. The SMILES string of the molecule is COc1ccc(/C=N\NC(=O)c2ccc(Cl)cc2Cl)cc1COC(C)=O. The molecular formula is C18H16Cl2N2O4. The summed E-state index contributed by atoms with van der Waals surface area (Å²) in [5.41, 5.74) is 4.02. The Labute approximate surface area is 160 Å². The van der Waals surface area contributed by atoms with Crippen LogP contribution in [0.15, 0.2) is 41.5 Å². The number of methoxy groups -OCH3 is 1. The Bertz CT molecular complexity index is 853. The minimum absolute atomic E-state index is 0.0763. The average molecular weight is 395 g/mol. The molecule has 0 radical (unpaired) electrons. The maximum atomic E-state index is 12.1. The van der Waals surface area contributed by atoms with E-state index in [1.165, 1.54) is 32.4 Å². The van der Waals surface area contributed by atoms with Crippen LogP contribution in [0, 0.1) is 0 Å². The first-order valence-corrected chi connectivity index (χ1v) is 8.25. The van der Waals surface area contributed by atoms with Gasteiger partial charge in [-0.05, 0) is 42.0 Å². The topological polar surface area (TPSA) is 77.0 Å². The lowest BCUT2D eigenvalue weighted by Crippen LogP contribution is -2.18. The Morgan fingerprint density at radius 2 is 1.96 bits per heavy atom. The third kappa shape index (κ3) is 5.47. The van der Waals surface area contributed by atoms with Gasteiger partial charge in [-0.2, -0.15) is 5.10 Å². The summed E-state index contributed by atoms with van der Waals surface area (Å²) in [6, 6.07) is 9.77. The van der Waals surface area contributed by atoms with Crippen molar-refractivity contribution in [2.24, 2.45) is 5.10 Å². The quantitative estimate of drug-likeness (QED) is 0.458. The van der Waals surface area contributed by atoms with E-state index < -0.39 is 11.9 Å². The second-order valence-electron chi connectivity index (χ2n) is 5.17. The molecule has 0 bridgehead atoms. The fourth-order valence-electron chi connectivity index (χ4n) is 2.07. The van der Waals surface area contributed by atoms with Gasteiger partial charge in [-0.25, -0.2) is 5.43 Å². The van der Waals surface area contributed by atoms with Gasteiger partial charge in [-0.15, -0.1) is 0 Å². The van der Waals surface area contributed by atoms with Crippen molar-refractivity contribution < 1.29 is 19.1 Å². The molecule has 1 N–H and O–H groups in total. The number of nitrogens with one attached hydrogen (secondary N) is 1. The van der Waals surface area contributed by atoms with Crippen LogP contribution in [0.4, 0.5) is 0 Å². The Morgan fingerprint density at radius 1 is 1.19 bits per heavy atom. The number of benzene rings is 2. The molecular weight excluding hydrogens is 379 g/mol. The van der Waals surface area contributed by atoms with Crippen LogP contribution in [0.5, 0.6) is 5.75 Å². The van der Waals surface area contributed by atoms with E-state index in [0.29, 0.717) is 21.9 Å². The molecule has 0 heterocycles. The summed E-state index contributed by atoms with van der Waals surface area (Å²) >= 11 is 11.8. The summed E-state index contributed by atoms with van der Waals surface area (Å²) in [4.78, 5) is 23.1. The van der Waals surface area contributed by atoms with Crippen molar-refractivity contribution in [2.75, 3.05) is 7.11 Å². The maximum Gasteiger partial charge on any atom is 0.302 e. The number of hydrogen-bond acceptors (Lipinski definition) is 5. The molecule has 0 fully saturated rings. The lowest BCUT2D eigenvalue weighted by molar-refractivity contribution is -0.142. The van der Waals surface area contributed by atoms with Gasteiger partial charge in [0.15, 0.2) is 0 Å². The van der Waals surface area contributed by atoms with E-state index in [2.05, 4.69) is 10.5 Å². The predicted molar refractivity (Wildman–Crippen MR) is 100.0 cm³/mol. The first kappa shape index (κ1) is 19.8. The molecule has 2 rings (SSSR count). The van der Waals surface area contributed by atoms with Gasteiger partial charge in [-0.3, -0.25) is 9.59 Å². The number of rotatable bonds is 6. The predicted octanol–water partition coefficient (Wildman–Crippen LogP) is 3.83. The van der Waals surface area contributed by atoms with Crippen LogP contribution in [0.3, 0.4) is 0 Å². The number of amides is 1. The molecule has 0 spiro atoms. The van der Waals surface area contributed by atoms with Crippen molar-refractivity contribution >= 4 is 41.3 Å². The van der Waals surface area contributed by atoms with Crippen molar-refractivity contribution in [3.8, 4) is 5.75 Å². The summed E-state index contributed by atoms with van der Waals surface area (Å²) < 4.78 is 10.2. The highest BCUT2D eigenvalue weighted by Crippen LogP contribution is 2.21. The van der Waals surface area contributed by atoms with Crippen LogP contribution in [0.25, 0.3) is 0 Å². The fraction of sp³-hybridized carbons (Fsp3) is 0.167. The summed E-state index contributed by atoms with van der Waals surface area (Å²) in [6.45, 7) is 1.40. The Hall–Kier alpha value is -2.57. The molecule has 26 heavy (non-hydrogen) atoms. The number of hydrogen-bond donors (Lipinski definition) is 1. The van der Waals surface area contributed by atoms with Crippen molar-refractivity contribution in [1.29, 1.82) is 0 Å². The molecule has 2 aromatic carbocycles. The number of hydrazone groups is 1. The first-order valence-electron chi connectivity index (χ1n) is 7.49. The smallest absolute Gasteiger partial charge is 0.302 e. The molecule has 0 aliphatic carbocycles. The third-order valence-corrected chi connectivity index (χ3v) is 3.84. The van der Waals surface area contributed by atoms with Crippen molar-refractivity contribution in [1.82, 2.24) is 5.43 Å². The minimum Gasteiger partial charge on any atom is -0.496 e. The van der Waals surface area contributed by atoms with Gasteiger partial charge in [0.1, 0.15) is 12.4 Å². The zero-order valence-electron chi connectivity index (χ0n) is 14.1. The Kier molecular flexibility index (Phi) is 7.00. The second kappa shape index (κ2) is 9.22. The second-order valence-corrected chi connectivity index (χ2v) is 6.02. The molecule has 0 aliphatic rings. The average Bonchev–Trinajstić information content (AvgIpc) is 2.59. The Balaban J connectivity index is 2.08. The van der Waals surface area contributed by atoms with Crippen LogP contribution in [-0.2, 0) is 16.1 Å². The fourth-order valence-corrected chi connectivity index (χ4v) is 2.56. The molecule has 1 amide bonds. The molecule has 0 unspecified atom stereocenters.